The third-order valence-corrected chi connectivity index (χ3v) is 3.68. The van der Waals surface area contributed by atoms with Crippen LogP contribution in [-0.4, -0.2) is 36.1 Å². The van der Waals surface area contributed by atoms with Gasteiger partial charge >= 0.3 is 4.87 Å². The van der Waals surface area contributed by atoms with Crippen LogP contribution in [0.1, 0.15) is 18.5 Å². The highest BCUT2D eigenvalue weighted by molar-refractivity contribution is 7.07. The predicted octanol–water partition coefficient (Wildman–Crippen LogP) is 0.620. The lowest BCUT2D eigenvalue weighted by Crippen LogP contribution is -2.40. The van der Waals surface area contributed by atoms with Crippen molar-refractivity contribution in [1.29, 1.82) is 0 Å². The Morgan fingerprint density at radius 3 is 2.87 bits per heavy atom. The quantitative estimate of drug-likeness (QED) is 0.796. The van der Waals surface area contributed by atoms with Crippen molar-refractivity contribution in [2.45, 2.75) is 25.4 Å². The van der Waals surface area contributed by atoms with Crippen LogP contribution in [0.5, 0.6) is 0 Å². The first-order valence-electron chi connectivity index (χ1n) is 5.34. The Balaban J connectivity index is 1.84. The van der Waals surface area contributed by atoms with E-state index in [1.807, 2.05) is 12.4 Å². The first kappa shape index (κ1) is 10.9. The fourth-order valence-corrected chi connectivity index (χ4v) is 2.58. The second-order valence-electron chi connectivity index (χ2n) is 4.01. The number of rotatable bonds is 3. The van der Waals surface area contributed by atoms with E-state index in [0.29, 0.717) is 6.04 Å². The van der Waals surface area contributed by atoms with E-state index in [9.17, 15) is 4.79 Å². The average Bonchev–Trinajstić information content (AvgIpc) is 2.65. The van der Waals surface area contributed by atoms with Gasteiger partial charge in [0.05, 0.1) is 0 Å². The number of nitrogens with one attached hydrogen (secondary N) is 2. The van der Waals surface area contributed by atoms with Crippen molar-refractivity contribution in [3.8, 4) is 0 Å². The molecular formula is C10H17N3OS. The van der Waals surface area contributed by atoms with Crippen molar-refractivity contribution in [3.63, 3.8) is 0 Å². The van der Waals surface area contributed by atoms with E-state index in [1.54, 1.807) is 0 Å². The maximum Gasteiger partial charge on any atom is 0.304 e. The number of hydrogen-bond acceptors (Lipinski definition) is 4. The molecule has 1 fully saturated rings. The Labute approximate surface area is 93.3 Å². The van der Waals surface area contributed by atoms with Gasteiger partial charge in [0.15, 0.2) is 0 Å². The summed E-state index contributed by atoms with van der Waals surface area (Å²) in [6, 6.07) is 0.669. The zero-order chi connectivity index (χ0) is 10.7. The maximum atomic E-state index is 11.0. The number of thiazole rings is 1. The molecular weight excluding hydrogens is 210 g/mol. The molecule has 2 heterocycles. The lowest BCUT2D eigenvalue weighted by atomic mass is 10.1. The number of H-pyrrole nitrogens is 1. The summed E-state index contributed by atoms with van der Waals surface area (Å²) in [6.45, 7) is 3.11. The normalized spacial score (nSPS) is 19.5. The van der Waals surface area contributed by atoms with Crippen LogP contribution in [0.3, 0.4) is 0 Å². The summed E-state index contributed by atoms with van der Waals surface area (Å²) >= 11 is 1.25. The minimum absolute atomic E-state index is 0.0510. The molecule has 0 saturated carbocycles. The molecule has 0 unspecified atom stereocenters. The Kier molecular flexibility index (Phi) is 3.56. The van der Waals surface area contributed by atoms with Crippen LogP contribution < -0.4 is 10.2 Å². The van der Waals surface area contributed by atoms with Crippen molar-refractivity contribution in [3.05, 3.63) is 20.7 Å². The van der Waals surface area contributed by atoms with Gasteiger partial charge in [0, 0.05) is 36.8 Å². The van der Waals surface area contributed by atoms with Crippen LogP contribution in [0.15, 0.2) is 10.2 Å². The summed E-state index contributed by atoms with van der Waals surface area (Å²) in [7, 11) is 2.02. The molecule has 0 bridgehead atoms. The van der Waals surface area contributed by atoms with E-state index >= 15 is 0 Å². The van der Waals surface area contributed by atoms with Crippen LogP contribution in [0.4, 0.5) is 0 Å². The van der Waals surface area contributed by atoms with Gasteiger partial charge in [-0.2, -0.15) is 0 Å². The van der Waals surface area contributed by atoms with Gasteiger partial charge in [-0.25, -0.2) is 0 Å². The monoisotopic (exact) mass is 227 g/mol. The first-order valence-corrected chi connectivity index (χ1v) is 6.22. The molecule has 0 aliphatic carbocycles. The Morgan fingerprint density at radius 2 is 2.33 bits per heavy atom. The minimum atomic E-state index is 0.0510. The van der Waals surface area contributed by atoms with E-state index < -0.39 is 0 Å². The first-order chi connectivity index (χ1) is 7.28. The molecule has 84 valence electrons. The van der Waals surface area contributed by atoms with E-state index in [4.69, 9.17) is 0 Å². The molecule has 0 aromatic carbocycles. The van der Waals surface area contributed by atoms with E-state index in [0.717, 1.165) is 25.3 Å². The largest absolute Gasteiger partial charge is 0.317 e. The molecule has 15 heavy (non-hydrogen) atoms. The third-order valence-electron chi connectivity index (χ3n) is 2.96. The van der Waals surface area contributed by atoms with Crippen LogP contribution in [0.25, 0.3) is 0 Å². The summed E-state index contributed by atoms with van der Waals surface area (Å²) in [5, 5.41) is 5.23. The van der Waals surface area contributed by atoms with E-state index in [1.165, 1.54) is 24.2 Å². The van der Waals surface area contributed by atoms with Crippen molar-refractivity contribution in [2.75, 3.05) is 20.1 Å². The molecule has 0 amide bonds. The molecule has 5 heteroatoms. The average molecular weight is 227 g/mol. The lowest BCUT2D eigenvalue weighted by Gasteiger charge is -2.31. The van der Waals surface area contributed by atoms with Gasteiger partial charge in [-0.3, -0.25) is 9.69 Å². The molecule has 0 radical (unpaired) electrons. The standard InChI is InChI=1S/C10H17N3OS/c1-11-8-2-4-13(5-3-8)6-9-7-15-10(14)12-9/h7-8,11H,2-6H2,1H3,(H,12,14). The molecule has 1 saturated heterocycles. The maximum absolute atomic E-state index is 11.0. The highest BCUT2D eigenvalue weighted by Gasteiger charge is 2.17. The molecule has 1 aromatic heterocycles. The molecule has 0 spiro atoms. The molecule has 1 aliphatic heterocycles. The van der Waals surface area contributed by atoms with Crippen LogP contribution in [0.2, 0.25) is 0 Å². The molecule has 1 aliphatic rings. The van der Waals surface area contributed by atoms with E-state index in [2.05, 4.69) is 15.2 Å². The molecule has 1 aromatic rings. The van der Waals surface area contributed by atoms with Gasteiger partial charge in [-0.1, -0.05) is 11.3 Å². The summed E-state index contributed by atoms with van der Waals surface area (Å²) in [5.74, 6) is 0. The number of nitrogens with zero attached hydrogens (tertiary/aromatic N) is 1. The van der Waals surface area contributed by atoms with Crippen LogP contribution in [-0.2, 0) is 6.54 Å². The number of likely N-dealkylation sites (tertiary alicyclic amines) is 1. The smallest absolute Gasteiger partial charge is 0.304 e. The van der Waals surface area contributed by atoms with Crippen molar-refractivity contribution in [1.82, 2.24) is 15.2 Å². The lowest BCUT2D eigenvalue weighted by molar-refractivity contribution is 0.193. The van der Waals surface area contributed by atoms with Gasteiger partial charge < -0.3 is 10.3 Å². The number of piperidine rings is 1. The summed E-state index contributed by atoms with van der Waals surface area (Å²) in [4.78, 5) is 16.3. The molecule has 0 atom stereocenters. The zero-order valence-electron chi connectivity index (χ0n) is 8.95. The zero-order valence-corrected chi connectivity index (χ0v) is 9.77. The van der Waals surface area contributed by atoms with Crippen LogP contribution in [0, 0.1) is 0 Å². The van der Waals surface area contributed by atoms with Gasteiger partial charge in [0.1, 0.15) is 0 Å². The number of aromatic amines is 1. The third kappa shape index (κ3) is 2.90. The Bertz CT molecular complexity index is 352. The Morgan fingerprint density at radius 1 is 1.60 bits per heavy atom. The van der Waals surface area contributed by atoms with Crippen molar-refractivity contribution < 1.29 is 0 Å². The second kappa shape index (κ2) is 4.92. The molecule has 2 N–H and O–H groups in total. The van der Waals surface area contributed by atoms with Gasteiger partial charge in [-0.15, -0.1) is 0 Å². The number of hydrogen-bond donors (Lipinski definition) is 2. The topological polar surface area (TPSA) is 48.1 Å². The minimum Gasteiger partial charge on any atom is -0.317 e. The van der Waals surface area contributed by atoms with E-state index in [-0.39, 0.29) is 4.87 Å². The highest BCUT2D eigenvalue weighted by atomic mass is 32.1. The van der Waals surface area contributed by atoms with Crippen molar-refractivity contribution in [2.24, 2.45) is 0 Å². The highest BCUT2D eigenvalue weighted by Crippen LogP contribution is 2.12. The fraction of sp³-hybridized carbons (Fsp3) is 0.700. The fourth-order valence-electron chi connectivity index (χ4n) is 2.01. The van der Waals surface area contributed by atoms with Crippen LogP contribution >= 0.6 is 11.3 Å². The predicted molar refractivity (Wildman–Crippen MR) is 62.3 cm³/mol. The summed E-state index contributed by atoms with van der Waals surface area (Å²) < 4.78 is 0. The van der Waals surface area contributed by atoms with Gasteiger partial charge in [0.25, 0.3) is 0 Å². The summed E-state index contributed by atoms with van der Waals surface area (Å²) in [5.41, 5.74) is 1.05. The summed E-state index contributed by atoms with van der Waals surface area (Å²) in [6.07, 6.45) is 2.40. The second-order valence-corrected chi connectivity index (χ2v) is 4.85. The van der Waals surface area contributed by atoms with Gasteiger partial charge in [0.2, 0.25) is 0 Å². The number of aromatic nitrogens is 1. The molecule has 4 nitrogen and oxygen atoms in total. The SMILES string of the molecule is CNC1CCN(Cc2csc(=O)[nH]2)CC1. The molecule has 2 rings (SSSR count). The van der Waals surface area contributed by atoms with Gasteiger partial charge in [-0.05, 0) is 19.9 Å². The Hall–Kier alpha value is -0.650. The van der Waals surface area contributed by atoms with Crippen molar-refractivity contribution >= 4 is 11.3 Å².